The first kappa shape index (κ1) is 26.3. The van der Waals surface area contributed by atoms with Gasteiger partial charge in [-0.15, -0.1) is 0 Å². The van der Waals surface area contributed by atoms with Gasteiger partial charge in [-0.1, -0.05) is 59.7 Å². The molecule has 2 amide bonds. The molecule has 2 aromatic rings. The van der Waals surface area contributed by atoms with Crippen LogP contribution in [0.4, 0.5) is 5.69 Å². The smallest absolute Gasteiger partial charge is 0.266 e. The fraction of sp³-hybridized carbons (Fsp3) is 0.292. The number of halogens is 2. The fourth-order valence-corrected chi connectivity index (χ4v) is 5.20. The summed E-state index contributed by atoms with van der Waals surface area (Å²) in [6, 6.07) is 10.4. The lowest BCUT2D eigenvalue weighted by Gasteiger charge is -2.14. The first-order chi connectivity index (χ1) is 16.3. The maximum atomic E-state index is 12.8. The molecule has 1 N–H and O–H groups in total. The molecule has 0 radical (unpaired) electrons. The van der Waals surface area contributed by atoms with Gasteiger partial charge in [0, 0.05) is 28.7 Å². The van der Waals surface area contributed by atoms with E-state index in [1.54, 1.807) is 49.5 Å². The maximum Gasteiger partial charge on any atom is 0.266 e. The van der Waals surface area contributed by atoms with Crippen LogP contribution in [0.25, 0.3) is 6.08 Å². The van der Waals surface area contributed by atoms with Crippen LogP contribution in [0.5, 0.6) is 11.5 Å². The zero-order valence-corrected chi connectivity index (χ0v) is 21.9. The highest BCUT2D eigenvalue weighted by atomic mass is 35.5. The van der Waals surface area contributed by atoms with Crippen LogP contribution in [-0.4, -0.2) is 41.8 Å². The Morgan fingerprint density at radius 1 is 1.06 bits per heavy atom. The van der Waals surface area contributed by atoms with Crippen molar-refractivity contribution in [2.75, 3.05) is 26.1 Å². The second kappa shape index (κ2) is 12.4. The number of rotatable bonds is 10. The Balaban J connectivity index is 1.46. The Morgan fingerprint density at radius 3 is 2.44 bits per heavy atom. The predicted octanol–water partition coefficient (Wildman–Crippen LogP) is 6.41. The van der Waals surface area contributed by atoms with E-state index < -0.39 is 0 Å². The molecule has 34 heavy (non-hydrogen) atoms. The van der Waals surface area contributed by atoms with Crippen molar-refractivity contribution < 1.29 is 19.1 Å². The maximum absolute atomic E-state index is 12.8. The van der Waals surface area contributed by atoms with Gasteiger partial charge in [-0.3, -0.25) is 14.5 Å². The van der Waals surface area contributed by atoms with Crippen LogP contribution < -0.4 is 14.8 Å². The van der Waals surface area contributed by atoms with Gasteiger partial charge in [-0.05, 0) is 54.8 Å². The van der Waals surface area contributed by atoms with Crippen LogP contribution in [0.15, 0.2) is 41.3 Å². The molecule has 0 saturated carbocycles. The molecule has 1 heterocycles. The van der Waals surface area contributed by atoms with Crippen molar-refractivity contribution in [1.82, 2.24) is 4.90 Å². The van der Waals surface area contributed by atoms with Crippen LogP contribution >= 0.6 is 47.2 Å². The van der Waals surface area contributed by atoms with Gasteiger partial charge in [0.15, 0.2) is 11.5 Å². The van der Waals surface area contributed by atoms with Gasteiger partial charge in [-0.25, -0.2) is 0 Å². The molecule has 3 rings (SSSR count). The molecule has 10 heteroatoms. The molecule has 0 spiro atoms. The third-order valence-electron chi connectivity index (χ3n) is 5.01. The molecule has 0 unspecified atom stereocenters. The number of ether oxygens (including phenoxy) is 2. The number of unbranched alkanes of at least 4 members (excludes halogenated alkanes) is 2. The Labute approximate surface area is 218 Å². The molecule has 6 nitrogen and oxygen atoms in total. The molecule has 2 aromatic carbocycles. The molecule has 1 fully saturated rings. The summed E-state index contributed by atoms with van der Waals surface area (Å²) in [6.45, 7) is 0.513. The topological polar surface area (TPSA) is 67.9 Å². The number of benzene rings is 2. The number of nitrogens with zero attached hydrogens (tertiary/aromatic N) is 1. The Hall–Kier alpha value is -2.26. The molecule has 1 aliphatic rings. The van der Waals surface area contributed by atoms with Gasteiger partial charge >= 0.3 is 0 Å². The normalized spacial score (nSPS) is 14.6. The third kappa shape index (κ3) is 7.12. The van der Waals surface area contributed by atoms with Crippen molar-refractivity contribution in [2.45, 2.75) is 25.7 Å². The van der Waals surface area contributed by atoms with Crippen LogP contribution in [-0.2, 0) is 9.59 Å². The van der Waals surface area contributed by atoms with E-state index in [0.29, 0.717) is 55.8 Å². The summed E-state index contributed by atoms with van der Waals surface area (Å²) in [4.78, 5) is 27.2. The van der Waals surface area contributed by atoms with Crippen molar-refractivity contribution in [3.05, 3.63) is 56.9 Å². The van der Waals surface area contributed by atoms with E-state index in [-0.39, 0.29) is 11.8 Å². The minimum atomic E-state index is -0.111. The number of thioether (sulfide) groups is 1. The highest BCUT2D eigenvalue weighted by Gasteiger charge is 2.31. The molecular weight excluding hydrogens is 515 g/mol. The van der Waals surface area contributed by atoms with Crippen molar-refractivity contribution in [2.24, 2.45) is 0 Å². The van der Waals surface area contributed by atoms with E-state index in [2.05, 4.69) is 5.32 Å². The summed E-state index contributed by atoms with van der Waals surface area (Å²) in [5, 5.41) is 3.72. The number of methoxy groups -OCH3 is 2. The van der Waals surface area contributed by atoms with Gasteiger partial charge in [0.1, 0.15) is 4.32 Å². The number of hydrogen-bond acceptors (Lipinski definition) is 6. The number of anilines is 1. The molecule has 1 aliphatic heterocycles. The number of thiocarbonyl (C=S) groups is 1. The summed E-state index contributed by atoms with van der Waals surface area (Å²) < 4.78 is 11.1. The van der Waals surface area contributed by atoms with Crippen LogP contribution in [0.2, 0.25) is 10.0 Å². The summed E-state index contributed by atoms with van der Waals surface area (Å²) in [5.74, 6) is 0.994. The van der Waals surface area contributed by atoms with E-state index in [1.807, 2.05) is 12.1 Å². The quantitative estimate of drug-likeness (QED) is 0.214. The number of hydrogen-bond donors (Lipinski definition) is 1. The SMILES string of the molecule is COc1ccc(C=C2SC(=S)N(CCCCCC(=O)Nc3cc(Cl)cc(Cl)c3)C2=O)cc1OC. The lowest BCUT2D eigenvalue weighted by molar-refractivity contribution is -0.122. The number of amides is 2. The van der Waals surface area contributed by atoms with E-state index in [1.165, 1.54) is 11.8 Å². The first-order valence-electron chi connectivity index (χ1n) is 10.5. The minimum Gasteiger partial charge on any atom is -0.493 e. The van der Waals surface area contributed by atoms with E-state index in [0.717, 1.165) is 18.4 Å². The standard InChI is InChI=1S/C24H24Cl2N2O4S2/c1-31-19-8-7-15(10-20(19)32-2)11-21-23(30)28(24(33)34-21)9-5-3-4-6-22(29)27-18-13-16(25)12-17(26)14-18/h7-8,10-14H,3-6,9H2,1-2H3,(H,27,29). The largest absolute Gasteiger partial charge is 0.493 e. The number of carbonyl (C=O) groups is 2. The molecule has 1 saturated heterocycles. The zero-order valence-electron chi connectivity index (χ0n) is 18.7. The van der Waals surface area contributed by atoms with Crippen molar-refractivity contribution in [3.63, 3.8) is 0 Å². The third-order valence-corrected chi connectivity index (χ3v) is 6.83. The summed E-state index contributed by atoms with van der Waals surface area (Å²) in [5.41, 5.74) is 1.39. The highest BCUT2D eigenvalue weighted by Crippen LogP contribution is 2.35. The average molecular weight is 540 g/mol. The van der Waals surface area contributed by atoms with E-state index >= 15 is 0 Å². The monoisotopic (exact) mass is 538 g/mol. The van der Waals surface area contributed by atoms with Gasteiger partial charge in [0.05, 0.1) is 19.1 Å². The summed E-state index contributed by atoms with van der Waals surface area (Å²) >= 11 is 18.6. The van der Waals surface area contributed by atoms with Crippen LogP contribution in [0.1, 0.15) is 31.2 Å². The number of nitrogens with one attached hydrogen (secondary N) is 1. The van der Waals surface area contributed by atoms with Crippen molar-refractivity contribution in [3.8, 4) is 11.5 Å². The molecule has 0 aliphatic carbocycles. The fourth-order valence-electron chi connectivity index (χ4n) is 3.37. The Kier molecular flexibility index (Phi) is 9.64. The zero-order chi connectivity index (χ0) is 24.7. The first-order valence-corrected chi connectivity index (χ1v) is 12.5. The summed E-state index contributed by atoms with van der Waals surface area (Å²) in [6.07, 6.45) is 4.38. The van der Waals surface area contributed by atoms with E-state index in [4.69, 9.17) is 44.9 Å². The minimum absolute atomic E-state index is 0.109. The van der Waals surface area contributed by atoms with Gasteiger partial charge in [-0.2, -0.15) is 0 Å². The molecule has 0 aromatic heterocycles. The van der Waals surface area contributed by atoms with E-state index in [9.17, 15) is 9.59 Å². The van der Waals surface area contributed by atoms with Crippen molar-refractivity contribution in [1.29, 1.82) is 0 Å². The highest BCUT2D eigenvalue weighted by molar-refractivity contribution is 8.26. The molecular formula is C24H24Cl2N2O4S2. The average Bonchev–Trinajstić information content (AvgIpc) is 3.05. The van der Waals surface area contributed by atoms with Gasteiger partial charge in [0.2, 0.25) is 5.91 Å². The molecule has 180 valence electrons. The molecule has 0 atom stereocenters. The Bertz CT molecular complexity index is 1100. The lowest BCUT2D eigenvalue weighted by atomic mass is 10.1. The second-order valence-corrected chi connectivity index (χ2v) is 10.0. The van der Waals surface area contributed by atoms with Crippen molar-refractivity contribution >= 4 is 75.1 Å². The van der Waals surface area contributed by atoms with Crippen LogP contribution in [0.3, 0.4) is 0 Å². The second-order valence-electron chi connectivity index (χ2n) is 7.46. The Morgan fingerprint density at radius 2 is 1.76 bits per heavy atom. The van der Waals surface area contributed by atoms with Gasteiger partial charge < -0.3 is 14.8 Å². The molecule has 0 bridgehead atoms. The summed E-state index contributed by atoms with van der Waals surface area (Å²) in [7, 11) is 3.14. The lowest BCUT2D eigenvalue weighted by Crippen LogP contribution is -2.29. The number of carbonyl (C=O) groups excluding carboxylic acids is 2. The predicted molar refractivity (Wildman–Crippen MR) is 143 cm³/mol. The van der Waals surface area contributed by atoms with Gasteiger partial charge in [0.25, 0.3) is 5.91 Å². The van der Waals surface area contributed by atoms with Crippen LogP contribution in [0, 0.1) is 0 Å².